The Bertz CT molecular complexity index is 1140. The Balaban J connectivity index is 1.80. The monoisotopic (exact) mass is 428 g/mol. The molecule has 2 heterocycles. The van der Waals surface area contributed by atoms with Crippen molar-refractivity contribution in [3.63, 3.8) is 0 Å². The smallest absolute Gasteiger partial charge is 0.270 e. The quantitative estimate of drug-likeness (QED) is 0.603. The molecule has 1 aromatic heterocycles. The SMILES string of the molecule is [C-]#[N+]c1ccc(-c2cc(C(=O)N3CCC[C@@H](N)C3)n(C)c2-c2ccc(COC)cc2)cc1. The van der Waals surface area contributed by atoms with Crippen LogP contribution < -0.4 is 5.73 Å². The van der Waals surface area contributed by atoms with Crippen LogP contribution in [0, 0.1) is 6.57 Å². The van der Waals surface area contributed by atoms with Crippen LogP contribution >= 0.6 is 0 Å². The maximum atomic E-state index is 13.4. The molecule has 0 spiro atoms. The number of hydrogen-bond donors (Lipinski definition) is 1. The van der Waals surface area contributed by atoms with Gasteiger partial charge in [-0.15, -0.1) is 0 Å². The van der Waals surface area contributed by atoms with Gasteiger partial charge < -0.3 is 19.9 Å². The molecule has 4 rings (SSSR count). The number of methoxy groups -OCH3 is 1. The Hall–Kier alpha value is -3.40. The fraction of sp³-hybridized carbons (Fsp3) is 0.308. The van der Waals surface area contributed by atoms with E-state index in [1.165, 1.54) is 0 Å². The van der Waals surface area contributed by atoms with Gasteiger partial charge in [0.25, 0.3) is 5.91 Å². The van der Waals surface area contributed by atoms with Crippen molar-refractivity contribution in [1.29, 1.82) is 0 Å². The highest BCUT2D eigenvalue weighted by atomic mass is 16.5. The molecule has 0 saturated carbocycles. The molecule has 1 atom stereocenters. The van der Waals surface area contributed by atoms with E-state index in [4.69, 9.17) is 17.0 Å². The molecule has 2 N–H and O–H groups in total. The Morgan fingerprint density at radius 1 is 1.16 bits per heavy atom. The molecule has 0 unspecified atom stereocenters. The van der Waals surface area contributed by atoms with E-state index >= 15 is 0 Å². The molecular formula is C26H28N4O2. The average Bonchev–Trinajstić information content (AvgIpc) is 3.16. The van der Waals surface area contributed by atoms with E-state index in [0.29, 0.717) is 24.5 Å². The van der Waals surface area contributed by atoms with Crippen molar-refractivity contribution in [2.75, 3.05) is 20.2 Å². The Morgan fingerprint density at radius 3 is 2.47 bits per heavy atom. The highest BCUT2D eigenvalue weighted by molar-refractivity contribution is 5.98. The predicted molar refractivity (Wildman–Crippen MR) is 126 cm³/mol. The number of piperidine rings is 1. The molecule has 1 fully saturated rings. The molecule has 1 aliphatic heterocycles. The summed E-state index contributed by atoms with van der Waals surface area (Å²) < 4.78 is 7.21. The van der Waals surface area contributed by atoms with Crippen molar-refractivity contribution in [3.05, 3.63) is 77.3 Å². The first kappa shape index (κ1) is 21.8. The minimum absolute atomic E-state index is 0.00364. The number of benzene rings is 2. The summed E-state index contributed by atoms with van der Waals surface area (Å²) in [6, 6.07) is 17.7. The summed E-state index contributed by atoms with van der Waals surface area (Å²) in [6.07, 6.45) is 1.88. The fourth-order valence-electron chi connectivity index (χ4n) is 4.37. The summed E-state index contributed by atoms with van der Waals surface area (Å²) in [6.45, 7) is 9.09. The van der Waals surface area contributed by atoms with Crippen LogP contribution in [0.15, 0.2) is 54.6 Å². The third kappa shape index (κ3) is 4.31. The maximum absolute atomic E-state index is 13.4. The van der Waals surface area contributed by atoms with Crippen LogP contribution in [0.4, 0.5) is 5.69 Å². The molecule has 6 heteroatoms. The number of nitrogens with two attached hydrogens (primary N) is 1. The van der Waals surface area contributed by atoms with Gasteiger partial charge in [-0.3, -0.25) is 4.79 Å². The molecule has 3 aromatic rings. The second-order valence-corrected chi connectivity index (χ2v) is 8.29. The standard InChI is InChI=1S/C26H28N4O2/c1-28-22-12-10-19(11-13-22)23-15-24(26(31)30-14-4-5-21(27)16-30)29(2)25(23)20-8-6-18(7-9-20)17-32-3/h6-13,15,21H,4-5,14,16-17,27H2,2-3H3/t21-/m1/s1. The van der Waals surface area contributed by atoms with Gasteiger partial charge in [0.15, 0.2) is 5.69 Å². The van der Waals surface area contributed by atoms with Gasteiger partial charge in [0.2, 0.25) is 0 Å². The van der Waals surface area contributed by atoms with Crippen LogP contribution in [-0.4, -0.2) is 41.6 Å². The number of carbonyl (C=O) groups excluding carboxylic acids is 1. The van der Waals surface area contributed by atoms with Gasteiger partial charge in [-0.05, 0) is 35.6 Å². The second-order valence-electron chi connectivity index (χ2n) is 8.29. The second kappa shape index (κ2) is 9.39. The summed E-state index contributed by atoms with van der Waals surface area (Å²) in [4.78, 5) is 18.8. The van der Waals surface area contributed by atoms with Crippen molar-refractivity contribution < 1.29 is 9.53 Å². The van der Waals surface area contributed by atoms with E-state index < -0.39 is 0 Å². The molecule has 1 aliphatic rings. The van der Waals surface area contributed by atoms with E-state index in [2.05, 4.69) is 17.0 Å². The first-order valence-electron chi connectivity index (χ1n) is 10.8. The molecule has 1 saturated heterocycles. The minimum atomic E-state index is 0.00364. The lowest BCUT2D eigenvalue weighted by molar-refractivity contribution is 0.0699. The van der Waals surface area contributed by atoms with Gasteiger partial charge in [-0.2, -0.15) is 0 Å². The van der Waals surface area contributed by atoms with E-state index in [0.717, 1.165) is 47.3 Å². The first-order chi connectivity index (χ1) is 15.5. The van der Waals surface area contributed by atoms with Crippen molar-refractivity contribution >= 4 is 11.6 Å². The molecule has 1 amide bonds. The predicted octanol–water partition coefficient (Wildman–Crippen LogP) is 4.62. The molecule has 164 valence electrons. The summed E-state index contributed by atoms with van der Waals surface area (Å²) in [7, 11) is 3.62. The lowest BCUT2D eigenvalue weighted by Gasteiger charge is -2.30. The molecule has 2 aromatic carbocycles. The summed E-state index contributed by atoms with van der Waals surface area (Å²) in [5, 5.41) is 0. The Kier molecular flexibility index (Phi) is 6.40. The fourth-order valence-corrected chi connectivity index (χ4v) is 4.37. The zero-order valence-corrected chi connectivity index (χ0v) is 18.5. The third-order valence-electron chi connectivity index (χ3n) is 6.04. The maximum Gasteiger partial charge on any atom is 0.270 e. The van der Waals surface area contributed by atoms with Crippen molar-refractivity contribution in [1.82, 2.24) is 9.47 Å². The number of hydrogen-bond acceptors (Lipinski definition) is 3. The van der Waals surface area contributed by atoms with Gasteiger partial charge >= 0.3 is 0 Å². The summed E-state index contributed by atoms with van der Waals surface area (Å²) in [5.41, 5.74) is 12.4. The first-order valence-corrected chi connectivity index (χ1v) is 10.8. The third-order valence-corrected chi connectivity index (χ3v) is 6.04. The highest BCUT2D eigenvalue weighted by Crippen LogP contribution is 2.36. The normalized spacial score (nSPS) is 16.1. The molecule has 0 aliphatic carbocycles. The number of nitrogens with zero attached hydrogens (tertiary/aromatic N) is 3. The minimum Gasteiger partial charge on any atom is -0.380 e. The van der Waals surface area contributed by atoms with Gasteiger partial charge in [0.05, 0.1) is 18.9 Å². The zero-order chi connectivity index (χ0) is 22.7. The number of aromatic nitrogens is 1. The largest absolute Gasteiger partial charge is 0.380 e. The van der Waals surface area contributed by atoms with Crippen molar-refractivity contribution in [2.24, 2.45) is 12.8 Å². The molecule has 0 radical (unpaired) electrons. The number of rotatable bonds is 5. The van der Waals surface area contributed by atoms with Gasteiger partial charge in [-0.25, -0.2) is 4.85 Å². The van der Waals surface area contributed by atoms with Crippen molar-refractivity contribution in [2.45, 2.75) is 25.5 Å². The number of amides is 1. The number of likely N-dealkylation sites (tertiary alicyclic amines) is 1. The van der Waals surface area contributed by atoms with Crippen LogP contribution in [0.1, 0.15) is 28.9 Å². The summed E-state index contributed by atoms with van der Waals surface area (Å²) >= 11 is 0. The van der Waals surface area contributed by atoms with Crippen LogP contribution in [0.2, 0.25) is 0 Å². The Labute approximate surface area is 189 Å². The van der Waals surface area contributed by atoms with E-state index in [1.807, 2.05) is 59.0 Å². The topological polar surface area (TPSA) is 64.8 Å². The van der Waals surface area contributed by atoms with Gasteiger partial charge in [0, 0.05) is 38.9 Å². The molecule has 6 nitrogen and oxygen atoms in total. The van der Waals surface area contributed by atoms with Crippen LogP contribution in [-0.2, 0) is 18.4 Å². The van der Waals surface area contributed by atoms with E-state index in [1.54, 1.807) is 7.11 Å². The lowest BCUT2D eigenvalue weighted by Crippen LogP contribution is -2.46. The zero-order valence-electron chi connectivity index (χ0n) is 18.5. The van der Waals surface area contributed by atoms with Crippen LogP contribution in [0.3, 0.4) is 0 Å². The molecule has 32 heavy (non-hydrogen) atoms. The summed E-state index contributed by atoms with van der Waals surface area (Å²) in [5.74, 6) is 0.00364. The average molecular weight is 429 g/mol. The molecular weight excluding hydrogens is 400 g/mol. The van der Waals surface area contributed by atoms with Crippen molar-refractivity contribution in [3.8, 4) is 22.4 Å². The van der Waals surface area contributed by atoms with Gasteiger partial charge in [-0.1, -0.05) is 48.5 Å². The Morgan fingerprint density at radius 2 is 1.84 bits per heavy atom. The van der Waals surface area contributed by atoms with Crippen LogP contribution in [0.25, 0.3) is 27.2 Å². The van der Waals surface area contributed by atoms with Gasteiger partial charge in [0.1, 0.15) is 5.69 Å². The van der Waals surface area contributed by atoms with Crippen LogP contribution in [0.5, 0.6) is 0 Å². The molecule has 0 bridgehead atoms. The number of carbonyl (C=O) groups is 1. The lowest BCUT2D eigenvalue weighted by atomic mass is 10.00. The van der Waals surface area contributed by atoms with E-state index in [-0.39, 0.29) is 11.9 Å². The highest BCUT2D eigenvalue weighted by Gasteiger charge is 2.27. The number of ether oxygens (including phenoxy) is 1. The van der Waals surface area contributed by atoms with E-state index in [9.17, 15) is 4.79 Å².